The van der Waals surface area contributed by atoms with Crippen molar-refractivity contribution in [2.45, 2.75) is 26.2 Å². The third-order valence-electron chi connectivity index (χ3n) is 1.88. The van der Waals surface area contributed by atoms with Crippen LogP contribution in [0.4, 0.5) is 4.39 Å². The van der Waals surface area contributed by atoms with Crippen molar-refractivity contribution in [3.8, 4) is 0 Å². The van der Waals surface area contributed by atoms with Crippen molar-refractivity contribution < 1.29 is 9.18 Å². The van der Waals surface area contributed by atoms with Gasteiger partial charge in [0.15, 0.2) is 0 Å². The molecule has 0 heterocycles. The lowest BCUT2D eigenvalue weighted by Crippen LogP contribution is -2.01. The van der Waals surface area contributed by atoms with Crippen molar-refractivity contribution in [3.63, 3.8) is 0 Å². The van der Waals surface area contributed by atoms with Crippen molar-refractivity contribution in [2.24, 2.45) is 0 Å². The number of hydrogen-bond acceptors (Lipinski definition) is 2. The van der Waals surface area contributed by atoms with Crippen LogP contribution in [-0.2, 0) is 4.79 Å². The molecule has 0 fully saturated rings. The topological polar surface area (TPSA) is 29.1 Å². The lowest BCUT2D eigenvalue weighted by Gasteiger charge is -2.05. The monoisotopic (exact) mass is 199 g/mol. The fraction of sp³-hybridized carbons (Fsp3) is 0.545. The van der Waals surface area contributed by atoms with Gasteiger partial charge in [-0.25, -0.2) is 4.39 Å². The van der Waals surface area contributed by atoms with Gasteiger partial charge in [-0.2, -0.15) is 0 Å². The molecule has 0 aliphatic heterocycles. The summed E-state index contributed by atoms with van der Waals surface area (Å²) in [6.45, 7) is 3.14. The predicted molar refractivity (Wildman–Crippen MR) is 56.8 cm³/mol. The summed E-state index contributed by atoms with van der Waals surface area (Å²) in [4.78, 5) is 10.00. The zero-order chi connectivity index (χ0) is 10.8. The quantitative estimate of drug-likeness (QED) is 0.707. The van der Waals surface area contributed by atoms with Crippen molar-refractivity contribution in [2.75, 3.05) is 13.6 Å². The van der Waals surface area contributed by atoms with Gasteiger partial charge in [-0.05, 0) is 26.1 Å². The summed E-state index contributed by atoms with van der Waals surface area (Å²) < 4.78 is 12.3. The first-order valence-electron chi connectivity index (χ1n) is 4.86. The number of halogens is 1. The van der Waals surface area contributed by atoms with E-state index in [-0.39, 0.29) is 5.83 Å². The molecule has 0 aromatic heterocycles. The Hall–Kier alpha value is -0.960. The molecule has 0 bridgehead atoms. The van der Waals surface area contributed by atoms with E-state index in [1.807, 2.05) is 7.05 Å². The molecule has 0 spiro atoms. The molecule has 14 heavy (non-hydrogen) atoms. The van der Waals surface area contributed by atoms with E-state index in [0.29, 0.717) is 19.3 Å². The van der Waals surface area contributed by atoms with Gasteiger partial charge < -0.3 is 10.1 Å². The SMILES string of the molecule is CCNC.O=CCC1=CC=C(F)CC1. The van der Waals surface area contributed by atoms with Crippen LogP contribution < -0.4 is 5.32 Å². The fourth-order valence-electron chi connectivity index (χ4n) is 0.932. The third kappa shape index (κ3) is 6.54. The standard InChI is InChI=1S/C8H9FO.C3H9N/c9-8-3-1-7(2-4-8)5-6-10;1-3-4-2/h1,3,6H,2,4-5H2;4H,3H2,1-2H3. The van der Waals surface area contributed by atoms with E-state index in [0.717, 1.165) is 18.4 Å². The molecule has 80 valence electrons. The molecule has 1 N–H and O–H groups in total. The maximum absolute atomic E-state index is 12.3. The second-order valence-electron chi connectivity index (χ2n) is 3.02. The molecule has 0 unspecified atom stereocenters. The van der Waals surface area contributed by atoms with E-state index in [9.17, 15) is 9.18 Å². The maximum Gasteiger partial charge on any atom is 0.124 e. The van der Waals surface area contributed by atoms with E-state index in [4.69, 9.17) is 0 Å². The van der Waals surface area contributed by atoms with Crippen molar-refractivity contribution in [1.82, 2.24) is 5.32 Å². The van der Waals surface area contributed by atoms with Crippen molar-refractivity contribution in [3.05, 3.63) is 23.6 Å². The van der Waals surface area contributed by atoms with Crippen LogP contribution >= 0.6 is 0 Å². The van der Waals surface area contributed by atoms with Gasteiger partial charge in [0.2, 0.25) is 0 Å². The van der Waals surface area contributed by atoms with E-state index in [1.165, 1.54) is 6.08 Å². The molecule has 0 aromatic rings. The summed E-state index contributed by atoms with van der Waals surface area (Å²) in [5.41, 5.74) is 1.02. The third-order valence-corrected chi connectivity index (χ3v) is 1.88. The summed E-state index contributed by atoms with van der Waals surface area (Å²) in [6, 6.07) is 0. The minimum atomic E-state index is -0.0883. The summed E-state index contributed by atoms with van der Waals surface area (Å²) in [6.07, 6.45) is 5.57. The number of nitrogens with one attached hydrogen (secondary N) is 1. The zero-order valence-corrected chi connectivity index (χ0v) is 8.85. The molecule has 2 nitrogen and oxygen atoms in total. The number of hydrogen-bond donors (Lipinski definition) is 1. The highest BCUT2D eigenvalue weighted by molar-refractivity contribution is 5.54. The molecular weight excluding hydrogens is 181 g/mol. The molecule has 3 heteroatoms. The lowest BCUT2D eigenvalue weighted by atomic mass is 10.0. The molecule has 1 aliphatic rings. The first-order valence-corrected chi connectivity index (χ1v) is 4.86. The van der Waals surface area contributed by atoms with Crippen molar-refractivity contribution >= 4 is 6.29 Å². The first-order chi connectivity index (χ1) is 6.74. The normalized spacial score (nSPS) is 14.8. The lowest BCUT2D eigenvalue weighted by molar-refractivity contribution is -0.107. The predicted octanol–water partition coefficient (Wildman–Crippen LogP) is 2.37. The molecule has 0 atom stereocenters. The Morgan fingerprint density at radius 3 is 2.50 bits per heavy atom. The number of carbonyl (C=O) groups is 1. The molecule has 0 aromatic carbocycles. The van der Waals surface area contributed by atoms with Gasteiger partial charge in [-0.1, -0.05) is 18.6 Å². The Labute approximate surface area is 84.9 Å². The van der Waals surface area contributed by atoms with Crippen LogP contribution in [0.5, 0.6) is 0 Å². The van der Waals surface area contributed by atoms with Crippen LogP contribution in [0.3, 0.4) is 0 Å². The number of rotatable bonds is 3. The number of aldehydes is 1. The van der Waals surface area contributed by atoms with Gasteiger partial charge >= 0.3 is 0 Å². The Kier molecular flexibility index (Phi) is 8.04. The molecule has 1 rings (SSSR count). The van der Waals surface area contributed by atoms with Crippen LogP contribution in [-0.4, -0.2) is 19.9 Å². The first kappa shape index (κ1) is 13.0. The Bertz CT molecular complexity index is 219. The average Bonchev–Trinajstić information content (AvgIpc) is 2.22. The second-order valence-corrected chi connectivity index (χ2v) is 3.02. The summed E-state index contributed by atoms with van der Waals surface area (Å²) in [5.74, 6) is -0.0883. The second kappa shape index (κ2) is 8.63. The van der Waals surface area contributed by atoms with Gasteiger partial charge in [-0.3, -0.25) is 0 Å². The van der Waals surface area contributed by atoms with E-state index >= 15 is 0 Å². The van der Waals surface area contributed by atoms with E-state index in [2.05, 4.69) is 12.2 Å². The molecular formula is C11H18FNO. The summed E-state index contributed by atoms with van der Waals surface area (Å²) in [7, 11) is 1.93. The van der Waals surface area contributed by atoms with Crippen LogP contribution in [0, 0.1) is 0 Å². The van der Waals surface area contributed by atoms with Gasteiger partial charge in [0, 0.05) is 12.8 Å². The van der Waals surface area contributed by atoms with Gasteiger partial charge in [0.05, 0.1) is 0 Å². The van der Waals surface area contributed by atoms with Crippen LogP contribution in [0.1, 0.15) is 26.2 Å². The highest BCUT2D eigenvalue weighted by Crippen LogP contribution is 2.20. The van der Waals surface area contributed by atoms with E-state index < -0.39 is 0 Å². The average molecular weight is 199 g/mol. The minimum absolute atomic E-state index is 0.0883. The Morgan fingerprint density at radius 1 is 1.50 bits per heavy atom. The minimum Gasteiger partial charge on any atom is -0.320 e. The number of carbonyl (C=O) groups excluding carboxylic acids is 1. The van der Waals surface area contributed by atoms with E-state index in [1.54, 1.807) is 6.08 Å². The molecule has 1 aliphatic carbocycles. The zero-order valence-electron chi connectivity index (χ0n) is 8.85. The van der Waals surface area contributed by atoms with Crippen molar-refractivity contribution in [1.29, 1.82) is 0 Å². The number of allylic oxidation sites excluding steroid dienone is 4. The fourth-order valence-corrected chi connectivity index (χ4v) is 0.932. The summed E-state index contributed by atoms with van der Waals surface area (Å²) >= 11 is 0. The highest BCUT2D eigenvalue weighted by Gasteiger charge is 2.03. The highest BCUT2D eigenvalue weighted by atomic mass is 19.1. The van der Waals surface area contributed by atoms with Gasteiger partial charge in [0.25, 0.3) is 0 Å². The molecule has 0 amide bonds. The van der Waals surface area contributed by atoms with Gasteiger partial charge in [-0.15, -0.1) is 0 Å². The van der Waals surface area contributed by atoms with Crippen LogP contribution in [0.15, 0.2) is 23.6 Å². The Balaban J connectivity index is 0.000000364. The molecule has 0 saturated carbocycles. The molecule has 0 radical (unpaired) electrons. The largest absolute Gasteiger partial charge is 0.320 e. The summed E-state index contributed by atoms with van der Waals surface area (Å²) in [5, 5.41) is 2.93. The van der Waals surface area contributed by atoms with Gasteiger partial charge in [0.1, 0.15) is 12.1 Å². The molecule has 0 saturated heterocycles. The Morgan fingerprint density at radius 2 is 2.14 bits per heavy atom. The smallest absolute Gasteiger partial charge is 0.124 e. The maximum atomic E-state index is 12.3. The van der Waals surface area contributed by atoms with Crippen LogP contribution in [0.25, 0.3) is 0 Å². The van der Waals surface area contributed by atoms with Crippen LogP contribution in [0.2, 0.25) is 0 Å².